The van der Waals surface area contributed by atoms with Gasteiger partial charge < -0.3 is 4.90 Å². The third kappa shape index (κ3) is 2.05. The summed E-state index contributed by atoms with van der Waals surface area (Å²) in [4.78, 5) is 13.1. The van der Waals surface area contributed by atoms with E-state index in [1.165, 1.54) is 6.07 Å². The van der Waals surface area contributed by atoms with Crippen molar-refractivity contribution in [3.8, 4) is 0 Å². The molecule has 0 aliphatic carbocycles. The summed E-state index contributed by atoms with van der Waals surface area (Å²) in [5.41, 5.74) is 0.641. The highest BCUT2D eigenvalue weighted by atomic mass is 19.2. The van der Waals surface area contributed by atoms with Crippen LogP contribution in [0, 0.1) is 17.6 Å². The number of halogens is 2. The van der Waals surface area contributed by atoms with E-state index >= 15 is 0 Å². The Balaban J connectivity index is 2.14. The molecule has 1 saturated heterocycles. The fraction of sp³-hybridized carbons (Fsp3) is 0.417. The number of hydrogen-bond acceptors (Lipinski definition) is 2. The molecule has 16 heavy (non-hydrogen) atoms. The Morgan fingerprint density at radius 3 is 2.69 bits per heavy atom. The summed E-state index contributed by atoms with van der Waals surface area (Å²) in [5, 5.41) is 0. The Labute approximate surface area is 92.9 Å². The minimum atomic E-state index is -0.844. The van der Waals surface area contributed by atoms with Crippen LogP contribution in [0.4, 0.5) is 14.5 Å². The second kappa shape index (κ2) is 4.20. The van der Waals surface area contributed by atoms with Gasteiger partial charge in [0, 0.05) is 30.8 Å². The Kier molecular flexibility index (Phi) is 2.90. The molecule has 4 heteroatoms. The van der Waals surface area contributed by atoms with Gasteiger partial charge in [-0.15, -0.1) is 0 Å². The third-order valence-corrected chi connectivity index (χ3v) is 3.03. The second-order valence-corrected chi connectivity index (χ2v) is 4.14. The molecule has 1 aliphatic rings. The zero-order valence-corrected chi connectivity index (χ0v) is 9.04. The standard InChI is InChI=1S/C12H13F2NO/c1-8(16)9-4-5-15(7-9)10-2-3-11(13)12(14)6-10/h2-3,6,9H,4-5,7H2,1H3. The van der Waals surface area contributed by atoms with Crippen LogP contribution in [0.25, 0.3) is 0 Å². The largest absolute Gasteiger partial charge is 0.371 e. The number of carbonyl (C=O) groups is 1. The molecular weight excluding hydrogens is 212 g/mol. The lowest BCUT2D eigenvalue weighted by Crippen LogP contribution is -2.21. The van der Waals surface area contributed by atoms with Crippen LogP contribution >= 0.6 is 0 Å². The normalized spacial score (nSPS) is 20.2. The van der Waals surface area contributed by atoms with E-state index in [0.29, 0.717) is 12.2 Å². The van der Waals surface area contributed by atoms with Crippen molar-refractivity contribution >= 4 is 11.5 Å². The summed E-state index contributed by atoms with van der Waals surface area (Å²) in [6, 6.07) is 3.84. The van der Waals surface area contributed by atoms with Crippen molar-refractivity contribution in [2.24, 2.45) is 5.92 Å². The average molecular weight is 225 g/mol. The van der Waals surface area contributed by atoms with Crippen molar-refractivity contribution in [2.45, 2.75) is 13.3 Å². The van der Waals surface area contributed by atoms with Crippen molar-refractivity contribution in [1.29, 1.82) is 0 Å². The van der Waals surface area contributed by atoms with Crippen LogP contribution in [0.15, 0.2) is 18.2 Å². The molecular formula is C12H13F2NO. The molecule has 0 saturated carbocycles. The SMILES string of the molecule is CC(=O)C1CCN(c2ccc(F)c(F)c2)C1. The van der Waals surface area contributed by atoms with E-state index in [-0.39, 0.29) is 11.7 Å². The van der Waals surface area contributed by atoms with Crippen LogP contribution in [-0.4, -0.2) is 18.9 Å². The molecule has 2 rings (SSSR count). The second-order valence-electron chi connectivity index (χ2n) is 4.14. The number of benzene rings is 1. The Morgan fingerprint density at radius 2 is 2.12 bits per heavy atom. The molecule has 0 N–H and O–H groups in total. The summed E-state index contributed by atoms with van der Waals surface area (Å²) >= 11 is 0. The number of carbonyl (C=O) groups excluding carboxylic acids is 1. The predicted molar refractivity (Wildman–Crippen MR) is 57.4 cm³/mol. The van der Waals surface area contributed by atoms with Gasteiger partial charge in [0.05, 0.1) is 0 Å². The highest BCUT2D eigenvalue weighted by Crippen LogP contribution is 2.25. The van der Waals surface area contributed by atoms with E-state index < -0.39 is 11.6 Å². The summed E-state index contributed by atoms with van der Waals surface area (Å²) < 4.78 is 25.8. The fourth-order valence-electron chi connectivity index (χ4n) is 2.01. The molecule has 1 fully saturated rings. The molecule has 86 valence electrons. The van der Waals surface area contributed by atoms with E-state index in [2.05, 4.69) is 0 Å². The maximum absolute atomic E-state index is 13.0. The lowest BCUT2D eigenvalue weighted by atomic mass is 10.1. The van der Waals surface area contributed by atoms with Crippen LogP contribution in [0.5, 0.6) is 0 Å². The average Bonchev–Trinajstić information content (AvgIpc) is 2.71. The highest BCUT2D eigenvalue weighted by Gasteiger charge is 2.26. The van der Waals surface area contributed by atoms with Crippen molar-refractivity contribution in [3.63, 3.8) is 0 Å². The molecule has 0 spiro atoms. The van der Waals surface area contributed by atoms with Crippen LogP contribution < -0.4 is 4.90 Å². The summed E-state index contributed by atoms with van der Waals surface area (Å²) in [5.74, 6) is -1.51. The molecule has 1 aromatic carbocycles. The summed E-state index contributed by atoms with van der Waals surface area (Å²) in [6.45, 7) is 2.88. The van der Waals surface area contributed by atoms with Crippen LogP contribution in [0.2, 0.25) is 0 Å². The predicted octanol–water partition coefficient (Wildman–Crippen LogP) is 2.38. The van der Waals surface area contributed by atoms with Gasteiger partial charge in [-0.1, -0.05) is 0 Å². The first kappa shape index (κ1) is 11.0. The number of nitrogens with zero attached hydrogens (tertiary/aromatic N) is 1. The molecule has 2 nitrogen and oxygen atoms in total. The molecule has 1 aliphatic heterocycles. The van der Waals surface area contributed by atoms with Gasteiger partial charge in [0.25, 0.3) is 0 Å². The van der Waals surface area contributed by atoms with Gasteiger partial charge in [0.2, 0.25) is 0 Å². The first-order valence-corrected chi connectivity index (χ1v) is 5.28. The molecule has 0 radical (unpaired) electrons. The summed E-state index contributed by atoms with van der Waals surface area (Å²) in [6.07, 6.45) is 0.786. The zero-order valence-electron chi connectivity index (χ0n) is 9.04. The monoisotopic (exact) mass is 225 g/mol. The van der Waals surface area contributed by atoms with Crippen LogP contribution in [0.3, 0.4) is 0 Å². The first-order chi connectivity index (χ1) is 7.58. The van der Waals surface area contributed by atoms with Crippen molar-refractivity contribution < 1.29 is 13.6 Å². The zero-order chi connectivity index (χ0) is 11.7. The van der Waals surface area contributed by atoms with E-state index in [9.17, 15) is 13.6 Å². The fourth-order valence-corrected chi connectivity index (χ4v) is 2.01. The van der Waals surface area contributed by atoms with E-state index in [4.69, 9.17) is 0 Å². The minimum Gasteiger partial charge on any atom is -0.371 e. The number of ketones is 1. The van der Waals surface area contributed by atoms with Gasteiger partial charge in [-0.2, -0.15) is 0 Å². The number of anilines is 1. The lowest BCUT2D eigenvalue weighted by molar-refractivity contribution is -0.120. The van der Waals surface area contributed by atoms with Gasteiger partial charge in [0.15, 0.2) is 11.6 Å². The highest BCUT2D eigenvalue weighted by molar-refractivity contribution is 5.79. The number of rotatable bonds is 2. The molecule has 0 amide bonds. The molecule has 1 unspecified atom stereocenters. The van der Waals surface area contributed by atoms with Gasteiger partial charge >= 0.3 is 0 Å². The van der Waals surface area contributed by atoms with Gasteiger partial charge in [0.1, 0.15) is 5.78 Å². The smallest absolute Gasteiger partial charge is 0.160 e. The Hall–Kier alpha value is -1.45. The van der Waals surface area contributed by atoms with E-state index in [0.717, 1.165) is 19.0 Å². The van der Waals surface area contributed by atoms with Crippen molar-refractivity contribution in [3.05, 3.63) is 29.8 Å². The van der Waals surface area contributed by atoms with Crippen LogP contribution in [0.1, 0.15) is 13.3 Å². The maximum Gasteiger partial charge on any atom is 0.160 e. The molecule has 1 atom stereocenters. The van der Waals surface area contributed by atoms with Gasteiger partial charge in [-0.05, 0) is 25.5 Å². The molecule has 1 aromatic rings. The van der Waals surface area contributed by atoms with Crippen molar-refractivity contribution in [2.75, 3.05) is 18.0 Å². The topological polar surface area (TPSA) is 20.3 Å². The quantitative estimate of drug-likeness (QED) is 0.770. The van der Waals surface area contributed by atoms with Gasteiger partial charge in [-0.25, -0.2) is 8.78 Å². The molecule has 0 aromatic heterocycles. The van der Waals surface area contributed by atoms with Crippen LogP contribution in [-0.2, 0) is 4.79 Å². The first-order valence-electron chi connectivity index (χ1n) is 5.28. The van der Waals surface area contributed by atoms with E-state index in [1.807, 2.05) is 4.90 Å². The van der Waals surface area contributed by atoms with Gasteiger partial charge in [-0.3, -0.25) is 4.79 Å². The Morgan fingerprint density at radius 1 is 1.38 bits per heavy atom. The summed E-state index contributed by atoms with van der Waals surface area (Å²) in [7, 11) is 0. The Bertz CT molecular complexity index is 419. The maximum atomic E-state index is 13.0. The lowest BCUT2D eigenvalue weighted by Gasteiger charge is -2.18. The van der Waals surface area contributed by atoms with Crippen molar-refractivity contribution in [1.82, 2.24) is 0 Å². The molecule has 0 bridgehead atoms. The minimum absolute atomic E-state index is 0.0214. The number of Topliss-reactive ketones (excluding diaryl/α,β-unsaturated/α-hetero) is 1. The molecule has 1 heterocycles. The van der Waals surface area contributed by atoms with E-state index in [1.54, 1.807) is 13.0 Å². The number of hydrogen-bond donors (Lipinski definition) is 0. The third-order valence-electron chi connectivity index (χ3n) is 3.03.